The van der Waals surface area contributed by atoms with E-state index >= 15 is 0 Å². The molecule has 0 unspecified atom stereocenters. The molecule has 0 atom stereocenters. The second-order valence-corrected chi connectivity index (χ2v) is 7.15. The van der Waals surface area contributed by atoms with E-state index in [4.69, 9.17) is 11.6 Å². The highest BCUT2D eigenvalue weighted by atomic mass is 35.5. The van der Waals surface area contributed by atoms with Crippen molar-refractivity contribution in [1.29, 1.82) is 0 Å². The van der Waals surface area contributed by atoms with Crippen LogP contribution in [0.15, 0.2) is 30.3 Å². The molecule has 1 heterocycles. The first kappa shape index (κ1) is 15.1. The maximum absolute atomic E-state index is 12.4. The molecule has 4 nitrogen and oxygen atoms in total. The standard InChI is InChI=1S/C17H20ClN3O/c1-17(2,3)16(22)19-15-13(18)14(11-9-10-11)20-21(15)12-7-5-4-6-8-12/h4-8,11H,9-10H2,1-3H3,(H,19,22). The van der Waals surface area contributed by atoms with Crippen molar-refractivity contribution in [1.82, 2.24) is 9.78 Å². The summed E-state index contributed by atoms with van der Waals surface area (Å²) in [4.78, 5) is 12.4. The SMILES string of the molecule is CC(C)(C)C(=O)Nc1c(Cl)c(C2CC2)nn1-c1ccccc1. The van der Waals surface area contributed by atoms with Gasteiger partial charge in [-0.05, 0) is 25.0 Å². The van der Waals surface area contributed by atoms with Gasteiger partial charge in [-0.15, -0.1) is 0 Å². The zero-order valence-electron chi connectivity index (χ0n) is 13.1. The highest BCUT2D eigenvalue weighted by Gasteiger charge is 2.33. The minimum absolute atomic E-state index is 0.0752. The first-order chi connectivity index (χ1) is 10.4. The van der Waals surface area contributed by atoms with E-state index in [1.807, 2.05) is 51.1 Å². The molecule has 0 radical (unpaired) electrons. The predicted octanol–water partition coefficient (Wildman–Crippen LogP) is 4.39. The molecule has 0 aliphatic heterocycles. The first-order valence-corrected chi connectivity index (χ1v) is 7.91. The van der Waals surface area contributed by atoms with Gasteiger partial charge in [-0.3, -0.25) is 4.79 Å². The summed E-state index contributed by atoms with van der Waals surface area (Å²) in [7, 11) is 0. The molecular formula is C17H20ClN3O. The van der Waals surface area contributed by atoms with E-state index in [2.05, 4.69) is 10.4 Å². The molecule has 1 aliphatic carbocycles. The molecular weight excluding hydrogens is 298 g/mol. The average molecular weight is 318 g/mol. The predicted molar refractivity (Wildman–Crippen MR) is 88.6 cm³/mol. The van der Waals surface area contributed by atoms with Crippen molar-refractivity contribution in [3.8, 4) is 5.69 Å². The molecule has 1 fully saturated rings. The number of rotatable bonds is 3. The van der Waals surface area contributed by atoms with Gasteiger partial charge in [0.05, 0.1) is 11.4 Å². The quantitative estimate of drug-likeness (QED) is 0.912. The molecule has 1 amide bonds. The molecule has 116 valence electrons. The molecule has 22 heavy (non-hydrogen) atoms. The van der Waals surface area contributed by atoms with Crippen LogP contribution in [0.5, 0.6) is 0 Å². The lowest BCUT2D eigenvalue weighted by Gasteiger charge is -2.18. The molecule has 1 aromatic carbocycles. The number of nitrogens with zero attached hydrogens (tertiary/aromatic N) is 2. The fourth-order valence-electron chi connectivity index (χ4n) is 2.19. The summed E-state index contributed by atoms with van der Waals surface area (Å²) in [6.07, 6.45) is 2.22. The second kappa shape index (κ2) is 5.43. The number of carbonyl (C=O) groups is 1. The van der Waals surface area contributed by atoms with E-state index < -0.39 is 5.41 Å². The number of para-hydroxylation sites is 1. The second-order valence-electron chi connectivity index (χ2n) is 6.77. The molecule has 0 spiro atoms. The topological polar surface area (TPSA) is 46.9 Å². The van der Waals surface area contributed by atoms with Crippen LogP contribution in [0.4, 0.5) is 5.82 Å². The van der Waals surface area contributed by atoms with Crippen molar-refractivity contribution in [3.05, 3.63) is 41.0 Å². The van der Waals surface area contributed by atoms with E-state index in [1.54, 1.807) is 4.68 Å². The Kier molecular flexibility index (Phi) is 3.73. The number of benzene rings is 1. The molecule has 2 aromatic rings. The van der Waals surface area contributed by atoms with Crippen molar-refractivity contribution in [2.24, 2.45) is 5.41 Å². The monoisotopic (exact) mass is 317 g/mol. The summed E-state index contributed by atoms with van der Waals surface area (Å²) in [5, 5.41) is 8.16. The van der Waals surface area contributed by atoms with Gasteiger partial charge >= 0.3 is 0 Å². The molecule has 1 saturated carbocycles. The molecule has 1 aliphatic rings. The summed E-state index contributed by atoms with van der Waals surface area (Å²) in [5.74, 6) is 0.909. The van der Waals surface area contributed by atoms with Gasteiger partial charge in [-0.25, -0.2) is 4.68 Å². The van der Waals surface area contributed by atoms with Crippen molar-refractivity contribution in [2.45, 2.75) is 39.5 Å². The van der Waals surface area contributed by atoms with Crippen LogP contribution in [0, 0.1) is 5.41 Å². The number of amides is 1. The molecule has 0 bridgehead atoms. The van der Waals surface area contributed by atoms with Crippen LogP contribution in [0.25, 0.3) is 5.69 Å². The number of hydrogen-bond acceptors (Lipinski definition) is 2. The van der Waals surface area contributed by atoms with Gasteiger partial charge in [-0.1, -0.05) is 50.6 Å². The summed E-state index contributed by atoms with van der Waals surface area (Å²) >= 11 is 6.51. The third-order valence-corrected chi connectivity index (χ3v) is 4.10. The Labute approximate surface area is 135 Å². The maximum Gasteiger partial charge on any atom is 0.230 e. The van der Waals surface area contributed by atoms with E-state index in [9.17, 15) is 4.79 Å². The Hall–Kier alpha value is -1.81. The lowest BCUT2D eigenvalue weighted by molar-refractivity contribution is -0.123. The van der Waals surface area contributed by atoms with Crippen LogP contribution in [-0.4, -0.2) is 15.7 Å². The van der Waals surface area contributed by atoms with Gasteiger partial charge in [0, 0.05) is 11.3 Å². The fourth-order valence-corrected chi connectivity index (χ4v) is 2.51. The Morgan fingerprint density at radius 1 is 1.27 bits per heavy atom. The van der Waals surface area contributed by atoms with Crippen LogP contribution in [-0.2, 0) is 4.79 Å². The fraction of sp³-hybridized carbons (Fsp3) is 0.412. The van der Waals surface area contributed by atoms with Gasteiger partial charge in [-0.2, -0.15) is 5.10 Å². The van der Waals surface area contributed by atoms with Crippen molar-refractivity contribution in [2.75, 3.05) is 5.32 Å². The smallest absolute Gasteiger partial charge is 0.230 e. The zero-order valence-corrected chi connectivity index (χ0v) is 13.8. The minimum Gasteiger partial charge on any atom is -0.309 e. The molecule has 1 aromatic heterocycles. The number of halogens is 1. The number of aromatic nitrogens is 2. The van der Waals surface area contributed by atoms with Crippen LogP contribution < -0.4 is 5.32 Å². The third-order valence-electron chi connectivity index (χ3n) is 3.73. The van der Waals surface area contributed by atoms with E-state index in [0.717, 1.165) is 24.2 Å². The maximum atomic E-state index is 12.4. The number of anilines is 1. The van der Waals surface area contributed by atoms with Crippen molar-refractivity contribution < 1.29 is 4.79 Å². The van der Waals surface area contributed by atoms with E-state index in [1.165, 1.54) is 0 Å². The van der Waals surface area contributed by atoms with Gasteiger partial charge < -0.3 is 5.32 Å². The van der Waals surface area contributed by atoms with Crippen molar-refractivity contribution in [3.63, 3.8) is 0 Å². The minimum atomic E-state index is -0.491. The zero-order chi connectivity index (χ0) is 15.9. The molecule has 5 heteroatoms. The highest BCUT2D eigenvalue weighted by Crippen LogP contribution is 2.45. The number of carbonyl (C=O) groups excluding carboxylic acids is 1. The molecule has 0 saturated heterocycles. The first-order valence-electron chi connectivity index (χ1n) is 7.53. The van der Waals surface area contributed by atoms with Crippen LogP contribution >= 0.6 is 11.6 Å². The summed E-state index contributed by atoms with van der Waals surface area (Å²) in [5.41, 5.74) is 1.28. The molecule has 3 rings (SSSR count). The number of nitrogens with one attached hydrogen (secondary N) is 1. The van der Waals surface area contributed by atoms with Gasteiger partial charge in [0.25, 0.3) is 0 Å². The normalized spacial score (nSPS) is 14.9. The molecule has 1 N–H and O–H groups in total. The van der Waals surface area contributed by atoms with E-state index in [-0.39, 0.29) is 5.91 Å². The Morgan fingerprint density at radius 3 is 2.45 bits per heavy atom. The Balaban J connectivity index is 2.05. The van der Waals surface area contributed by atoms with Gasteiger partial charge in [0.15, 0.2) is 5.82 Å². The van der Waals surface area contributed by atoms with Crippen molar-refractivity contribution >= 4 is 23.3 Å². The summed E-state index contributed by atoms with van der Waals surface area (Å²) in [6, 6.07) is 9.73. The lowest BCUT2D eigenvalue weighted by atomic mass is 9.96. The Bertz CT molecular complexity index is 697. The van der Waals surface area contributed by atoms with Crippen LogP contribution in [0.1, 0.15) is 45.2 Å². The van der Waals surface area contributed by atoms with E-state index in [0.29, 0.717) is 16.8 Å². The average Bonchev–Trinajstić information content (AvgIpc) is 3.26. The number of hydrogen-bond donors (Lipinski definition) is 1. The third kappa shape index (κ3) is 2.88. The van der Waals surface area contributed by atoms with Crippen LogP contribution in [0.3, 0.4) is 0 Å². The van der Waals surface area contributed by atoms with Gasteiger partial charge in [0.1, 0.15) is 5.02 Å². The summed E-state index contributed by atoms with van der Waals surface area (Å²) in [6.45, 7) is 5.63. The Morgan fingerprint density at radius 2 is 1.91 bits per heavy atom. The van der Waals surface area contributed by atoms with Gasteiger partial charge in [0.2, 0.25) is 5.91 Å². The highest BCUT2D eigenvalue weighted by molar-refractivity contribution is 6.34. The largest absolute Gasteiger partial charge is 0.309 e. The van der Waals surface area contributed by atoms with Crippen LogP contribution in [0.2, 0.25) is 5.02 Å². The summed E-state index contributed by atoms with van der Waals surface area (Å²) < 4.78 is 1.74. The lowest BCUT2D eigenvalue weighted by Crippen LogP contribution is -2.28.